The van der Waals surface area contributed by atoms with Gasteiger partial charge in [-0.2, -0.15) is 0 Å². The number of aliphatic imine (C=N–C) groups is 1. The number of hydrogen-bond donors (Lipinski definition) is 4. The van der Waals surface area contributed by atoms with Crippen molar-refractivity contribution in [3.05, 3.63) is 172 Å². The number of unbranched alkanes of at least 4 members (excludes halogenated alkanes) is 2. The van der Waals surface area contributed by atoms with Crippen LogP contribution in [0.2, 0.25) is 0 Å². The maximum atomic E-state index is 14.7. The number of ether oxygens (including phenoxy) is 1. The molecule has 2 aliphatic heterocycles. The summed E-state index contributed by atoms with van der Waals surface area (Å²) in [6, 6.07) is 30.6. The Morgan fingerprint density at radius 3 is 2.20 bits per heavy atom. The number of rotatable bonds is 21. The number of ketones is 1. The number of allylic oxidation sites excluding steroid dienone is 2. The van der Waals surface area contributed by atoms with Gasteiger partial charge in [0.2, 0.25) is 23.6 Å². The summed E-state index contributed by atoms with van der Waals surface area (Å²) < 4.78 is 34.7. The SMILES string of the molecule is Cc1cc(C)n(B(F)F)c1/C=C1\C=CC(CCC(=O)NCCCCCNC(=O)CN2C(=O)[C@@H](NC(=O)[C@@H](C)NC(=O)Cc3cccc(C(=O)c4ccccc4)c3)[C@@H](c3ccccc3)Oc3ccccc32)=N1. The average molecular weight is 964 g/mol. The molecule has 1 aromatic heterocycles. The van der Waals surface area contributed by atoms with E-state index in [0.29, 0.717) is 95.3 Å². The van der Waals surface area contributed by atoms with Gasteiger partial charge in [0.15, 0.2) is 11.9 Å². The van der Waals surface area contributed by atoms with Crippen molar-refractivity contribution in [3.8, 4) is 5.75 Å². The van der Waals surface area contributed by atoms with E-state index in [1.165, 1.54) is 11.8 Å². The van der Waals surface area contributed by atoms with Crippen molar-refractivity contribution < 1.29 is 42.1 Å². The Balaban J connectivity index is 0.893. The van der Waals surface area contributed by atoms with Crippen molar-refractivity contribution in [1.29, 1.82) is 0 Å². The molecule has 0 radical (unpaired) electrons. The number of nitrogens with zero attached hydrogens (tertiary/aromatic N) is 3. The van der Waals surface area contributed by atoms with E-state index >= 15 is 0 Å². The zero-order valence-corrected chi connectivity index (χ0v) is 39.8. The molecule has 366 valence electrons. The lowest BCUT2D eigenvalue weighted by Crippen LogP contribution is -2.56. The molecule has 0 saturated carbocycles. The van der Waals surface area contributed by atoms with Crippen LogP contribution in [0.25, 0.3) is 6.08 Å². The molecular formula is C54H56BF2N7O7. The Morgan fingerprint density at radius 1 is 0.789 bits per heavy atom. The van der Waals surface area contributed by atoms with Crippen molar-refractivity contribution >= 4 is 60.2 Å². The summed E-state index contributed by atoms with van der Waals surface area (Å²) in [6.07, 6.45) is 6.61. The van der Waals surface area contributed by atoms with Gasteiger partial charge >= 0.3 is 7.40 Å². The van der Waals surface area contributed by atoms with Gasteiger partial charge in [-0.05, 0) is 106 Å². The lowest BCUT2D eigenvalue weighted by atomic mass is 10.00. The van der Waals surface area contributed by atoms with Gasteiger partial charge in [-0.3, -0.25) is 47.3 Å². The second-order valence-electron chi connectivity index (χ2n) is 17.5. The van der Waals surface area contributed by atoms with Gasteiger partial charge in [-0.25, -0.2) is 0 Å². The molecule has 0 saturated heterocycles. The van der Waals surface area contributed by atoms with E-state index < -0.39 is 49.2 Å². The first-order valence-corrected chi connectivity index (χ1v) is 23.6. The van der Waals surface area contributed by atoms with Crippen LogP contribution in [0.5, 0.6) is 5.75 Å². The van der Waals surface area contributed by atoms with Crippen LogP contribution in [-0.4, -0.2) is 84.6 Å². The number of nitrogens with one attached hydrogen (secondary N) is 4. The van der Waals surface area contributed by atoms with E-state index in [4.69, 9.17) is 4.74 Å². The minimum absolute atomic E-state index is 0.108. The van der Waals surface area contributed by atoms with Crippen LogP contribution >= 0.6 is 0 Å². The van der Waals surface area contributed by atoms with Crippen LogP contribution in [0.4, 0.5) is 14.3 Å². The molecule has 5 amide bonds. The lowest BCUT2D eigenvalue weighted by Gasteiger charge is -2.29. The summed E-state index contributed by atoms with van der Waals surface area (Å²) in [4.78, 5) is 86.7. The Bertz CT molecular complexity index is 2850. The quantitative estimate of drug-likeness (QED) is 0.0346. The first-order chi connectivity index (χ1) is 34.2. The number of para-hydroxylation sites is 2. The molecule has 3 atom stereocenters. The molecule has 71 heavy (non-hydrogen) atoms. The maximum absolute atomic E-state index is 14.7. The van der Waals surface area contributed by atoms with Crippen LogP contribution in [0.1, 0.15) is 89.1 Å². The third-order valence-corrected chi connectivity index (χ3v) is 12.1. The first kappa shape index (κ1) is 50.9. The summed E-state index contributed by atoms with van der Waals surface area (Å²) in [5.74, 6) is -2.16. The molecule has 0 fully saturated rings. The molecule has 2 aliphatic rings. The van der Waals surface area contributed by atoms with Crippen molar-refractivity contribution in [2.75, 3.05) is 24.5 Å². The van der Waals surface area contributed by atoms with Crippen LogP contribution in [-0.2, 0) is 30.4 Å². The Morgan fingerprint density at radius 2 is 1.46 bits per heavy atom. The van der Waals surface area contributed by atoms with Crippen molar-refractivity contribution in [1.82, 2.24) is 25.7 Å². The summed E-state index contributed by atoms with van der Waals surface area (Å²) in [7, 11) is -2.67. The predicted octanol–water partition coefficient (Wildman–Crippen LogP) is 7.04. The second kappa shape index (κ2) is 24.1. The van der Waals surface area contributed by atoms with Crippen molar-refractivity contribution in [2.45, 2.75) is 77.5 Å². The number of hydrogen-bond acceptors (Lipinski definition) is 8. The molecule has 0 spiro atoms. The number of amides is 5. The van der Waals surface area contributed by atoms with Gasteiger partial charge in [-0.1, -0.05) is 91.0 Å². The lowest BCUT2D eigenvalue weighted by molar-refractivity contribution is -0.132. The van der Waals surface area contributed by atoms with E-state index in [1.807, 2.05) is 12.1 Å². The van der Waals surface area contributed by atoms with Gasteiger partial charge < -0.3 is 30.5 Å². The first-order valence-electron chi connectivity index (χ1n) is 23.6. The molecule has 14 nitrogen and oxygen atoms in total. The summed E-state index contributed by atoms with van der Waals surface area (Å²) >= 11 is 0. The number of benzene rings is 4. The topological polar surface area (TPSA) is 180 Å². The summed E-state index contributed by atoms with van der Waals surface area (Å²) in [5, 5.41) is 11.3. The van der Waals surface area contributed by atoms with Gasteiger partial charge in [0.1, 0.15) is 24.4 Å². The van der Waals surface area contributed by atoms with Gasteiger partial charge in [-0.15, -0.1) is 0 Å². The van der Waals surface area contributed by atoms with Crippen LogP contribution in [0.3, 0.4) is 0 Å². The molecular weight excluding hydrogens is 907 g/mol. The van der Waals surface area contributed by atoms with E-state index in [9.17, 15) is 37.4 Å². The standard InChI is InChI=1S/C54H56BF2N7O7/c1-35-30-36(2)64(55(56)57)45(35)33-43-25-24-42(61-43)26-27-47(65)58-28-13-6-14-29-59-49(67)34-63-44-22-11-12-23-46(44)71-52(40-19-9-5-10-20-40)50(54(63)70)62-53(69)37(3)60-48(66)32-38-16-15-21-41(31-38)51(68)39-17-7-4-8-18-39/h4-5,7-12,15-25,30-31,33,37,50,52H,6,13-14,26-29,32,34H2,1-3H3,(H,58,65)(H,59,67)(H,60,66)(H,62,69)/b43-33+/t37-,50+,52-/m1/s1. The fourth-order valence-electron chi connectivity index (χ4n) is 8.48. The van der Waals surface area contributed by atoms with E-state index in [2.05, 4.69) is 26.3 Å². The van der Waals surface area contributed by atoms with Crippen LogP contribution in [0.15, 0.2) is 138 Å². The number of halogens is 2. The number of fused-ring (bicyclic) bond motifs is 1. The number of aryl methyl sites for hydroxylation is 2. The fourth-order valence-corrected chi connectivity index (χ4v) is 8.48. The smallest absolute Gasteiger partial charge is 0.481 e. The van der Waals surface area contributed by atoms with Crippen LogP contribution < -0.4 is 30.9 Å². The molecule has 0 bridgehead atoms. The Hall–Kier alpha value is -7.95. The normalized spacial score (nSPS) is 16.0. The number of carbonyl (C=O) groups excluding carboxylic acids is 6. The zero-order valence-electron chi connectivity index (χ0n) is 39.8. The maximum Gasteiger partial charge on any atom is 0.677 e. The summed E-state index contributed by atoms with van der Waals surface area (Å²) in [6.45, 7) is 5.28. The zero-order chi connectivity index (χ0) is 50.4. The third kappa shape index (κ3) is 13.4. The van der Waals surface area contributed by atoms with Crippen molar-refractivity contribution in [2.24, 2.45) is 4.99 Å². The highest BCUT2D eigenvalue weighted by atomic mass is 19.2. The van der Waals surface area contributed by atoms with Gasteiger partial charge in [0.25, 0.3) is 5.91 Å². The van der Waals surface area contributed by atoms with E-state index in [-0.39, 0.29) is 31.1 Å². The molecule has 4 N–H and O–H groups in total. The fraction of sp³-hybridized carbons (Fsp3) is 0.278. The average Bonchev–Trinajstić information content (AvgIpc) is 3.91. The largest absolute Gasteiger partial charge is 0.677 e. The molecule has 3 heterocycles. The minimum Gasteiger partial charge on any atom is -0.481 e. The van der Waals surface area contributed by atoms with E-state index in [0.717, 1.165) is 10.0 Å². The van der Waals surface area contributed by atoms with Crippen LogP contribution in [0, 0.1) is 13.8 Å². The Labute approximate surface area is 411 Å². The number of anilines is 1. The van der Waals surface area contributed by atoms with Gasteiger partial charge in [0, 0.05) is 47.7 Å². The van der Waals surface area contributed by atoms with Crippen molar-refractivity contribution in [3.63, 3.8) is 0 Å². The molecule has 5 aromatic rings. The van der Waals surface area contributed by atoms with Gasteiger partial charge in [0.05, 0.1) is 17.8 Å². The predicted molar refractivity (Wildman–Crippen MR) is 269 cm³/mol. The number of carbonyl (C=O) groups is 6. The highest BCUT2D eigenvalue weighted by Crippen LogP contribution is 2.38. The molecule has 0 unspecified atom stereocenters. The monoisotopic (exact) mass is 963 g/mol. The summed E-state index contributed by atoms with van der Waals surface area (Å²) in [5.41, 5.74) is 5.27. The third-order valence-electron chi connectivity index (χ3n) is 12.1. The molecule has 7 rings (SSSR count). The molecule has 4 aromatic carbocycles. The molecule has 0 aliphatic carbocycles. The number of aromatic nitrogens is 1. The highest BCUT2D eigenvalue weighted by molar-refractivity contribution is 6.41. The Kier molecular flexibility index (Phi) is 17.3. The second-order valence-corrected chi connectivity index (χ2v) is 17.5. The highest BCUT2D eigenvalue weighted by Gasteiger charge is 2.41. The minimum atomic E-state index is -2.67. The molecule has 17 heteroatoms. The van der Waals surface area contributed by atoms with E-state index in [1.54, 1.807) is 135 Å².